The molecule has 0 unspecified atom stereocenters. The van der Waals surface area contributed by atoms with Gasteiger partial charge in [-0.25, -0.2) is 0 Å². The van der Waals surface area contributed by atoms with Crippen molar-refractivity contribution in [3.8, 4) is 17.2 Å². The molecule has 2 N–H and O–H groups in total. The summed E-state index contributed by atoms with van der Waals surface area (Å²) >= 11 is 8.31. The van der Waals surface area contributed by atoms with Crippen LogP contribution in [0.1, 0.15) is 23.6 Å². The zero-order valence-electron chi connectivity index (χ0n) is 17.9. The van der Waals surface area contributed by atoms with Crippen molar-refractivity contribution in [1.82, 2.24) is 10.6 Å². The molecule has 2 aromatic carbocycles. The van der Waals surface area contributed by atoms with Crippen LogP contribution in [0.3, 0.4) is 0 Å². The molecule has 2 aromatic rings. The van der Waals surface area contributed by atoms with Gasteiger partial charge in [0.25, 0.3) is 11.8 Å². The van der Waals surface area contributed by atoms with Gasteiger partial charge in [0.1, 0.15) is 24.5 Å². The van der Waals surface area contributed by atoms with Crippen molar-refractivity contribution in [2.75, 3.05) is 19.8 Å². The predicted octanol–water partition coefficient (Wildman–Crippen LogP) is 3.84. The summed E-state index contributed by atoms with van der Waals surface area (Å²) in [5, 5.41) is 4.81. The quantitative estimate of drug-likeness (QED) is 0.239. The minimum absolute atomic E-state index is 0.0138. The van der Waals surface area contributed by atoms with Crippen molar-refractivity contribution >= 4 is 51.2 Å². The number of aryl methyl sites for hydroxylation is 2. The fraction of sp³-hybridized carbons (Fsp3) is 0.261. The number of rotatable bonds is 8. The zero-order valence-corrected chi connectivity index (χ0v) is 20.3. The normalized spacial score (nSPS) is 13.4. The number of thiocarbonyl (C=S) groups is 1. The number of nitrogens with one attached hydrogen (secondary N) is 2. The van der Waals surface area contributed by atoms with Gasteiger partial charge >= 0.3 is 0 Å². The van der Waals surface area contributed by atoms with E-state index in [2.05, 4.69) is 32.6 Å². The lowest BCUT2D eigenvalue weighted by molar-refractivity contribution is -0.123. The molecule has 1 saturated heterocycles. The van der Waals surface area contributed by atoms with Gasteiger partial charge < -0.3 is 14.2 Å². The van der Waals surface area contributed by atoms with Gasteiger partial charge in [-0.2, -0.15) is 0 Å². The summed E-state index contributed by atoms with van der Waals surface area (Å²) in [4.78, 5) is 24.2. The van der Waals surface area contributed by atoms with Crippen LogP contribution in [-0.4, -0.2) is 36.7 Å². The van der Waals surface area contributed by atoms with E-state index in [4.69, 9.17) is 26.4 Å². The molecular formula is C23H23BrN2O5S. The first kappa shape index (κ1) is 23.7. The van der Waals surface area contributed by atoms with Gasteiger partial charge in [-0.1, -0.05) is 6.07 Å². The van der Waals surface area contributed by atoms with E-state index in [0.717, 1.165) is 16.9 Å². The first-order chi connectivity index (χ1) is 15.3. The molecule has 0 spiro atoms. The third-order valence-corrected chi connectivity index (χ3v) is 5.17. The SMILES string of the molecule is CCOc1cc(C=C2C(=O)NC(=S)NC2=O)cc(Br)c1OCCOc1cc(C)cc(C)c1. The Balaban J connectivity index is 1.74. The molecule has 1 fully saturated rings. The molecule has 7 nitrogen and oxygen atoms in total. The van der Waals surface area contributed by atoms with Gasteiger partial charge in [-0.3, -0.25) is 20.2 Å². The zero-order chi connectivity index (χ0) is 23.3. The summed E-state index contributed by atoms with van der Waals surface area (Å²) in [5.74, 6) is 0.665. The summed E-state index contributed by atoms with van der Waals surface area (Å²) in [6, 6.07) is 9.47. The van der Waals surface area contributed by atoms with E-state index < -0.39 is 11.8 Å². The van der Waals surface area contributed by atoms with Gasteiger partial charge in [-0.05, 0) is 96.0 Å². The molecular weight excluding hydrogens is 496 g/mol. The Kier molecular flexibility index (Phi) is 7.87. The first-order valence-corrected chi connectivity index (χ1v) is 11.2. The second kappa shape index (κ2) is 10.6. The Bertz CT molecular complexity index is 1060. The van der Waals surface area contributed by atoms with Crippen LogP contribution in [0.15, 0.2) is 40.4 Å². The molecule has 0 atom stereocenters. The molecule has 0 bridgehead atoms. The van der Waals surface area contributed by atoms with Crippen molar-refractivity contribution in [2.24, 2.45) is 0 Å². The molecule has 0 aromatic heterocycles. The van der Waals surface area contributed by atoms with Gasteiger partial charge in [0.05, 0.1) is 11.1 Å². The number of carbonyl (C=O) groups is 2. The average molecular weight is 519 g/mol. The Morgan fingerprint density at radius 1 is 0.938 bits per heavy atom. The summed E-state index contributed by atoms with van der Waals surface area (Å²) < 4.78 is 18.0. The van der Waals surface area contributed by atoms with Crippen LogP contribution in [0.25, 0.3) is 6.08 Å². The molecule has 2 amide bonds. The predicted molar refractivity (Wildman–Crippen MR) is 129 cm³/mol. The van der Waals surface area contributed by atoms with Crippen LogP contribution >= 0.6 is 28.1 Å². The number of ether oxygens (including phenoxy) is 3. The van der Waals surface area contributed by atoms with E-state index in [1.54, 1.807) is 12.1 Å². The van der Waals surface area contributed by atoms with Crippen molar-refractivity contribution < 1.29 is 23.8 Å². The van der Waals surface area contributed by atoms with Crippen LogP contribution in [0.4, 0.5) is 0 Å². The number of halogens is 1. The van der Waals surface area contributed by atoms with Crippen molar-refractivity contribution in [2.45, 2.75) is 20.8 Å². The summed E-state index contributed by atoms with van der Waals surface area (Å²) in [6.45, 7) is 6.97. The molecule has 0 saturated carbocycles. The van der Waals surface area contributed by atoms with Gasteiger partial charge in [-0.15, -0.1) is 0 Å². The molecule has 168 valence electrons. The lowest BCUT2D eigenvalue weighted by Gasteiger charge is -2.17. The molecule has 1 heterocycles. The molecule has 32 heavy (non-hydrogen) atoms. The van der Waals surface area contributed by atoms with E-state index in [1.807, 2.05) is 32.9 Å². The van der Waals surface area contributed by atoms with Gasteiger partial charge in [0.2, 0.25) is 0 Å². The third kappa shape index (κ3) is 6.08. The van der Waals surface area contributed by atoms with Crippen molar-refractivity contribution in [3.05, 3.63) is 57.1 Å². The number of hydrogen-bond acceptors (Lipinski definition) is 6. The second-order valence-corrected chi connectivity index (χ2v) is 8.34. The van der Waals surface area contributed by atoms with E-state index in [9.17, 15) is 9.59 Å². The van der Waals surface area contributed by atoms with Crippen LogP contribution in [0.5, 0.6) is 17.2 Å². The summed E-state index contributed by atoms with van der Waals surface area (Å²) in [7, 11) is 0. The smallest absolute Gasteiger partial charge is 0.263 e. The highest BCUT2D eigenvalue weighted by Crippen LogP contribution is 2.37. The Labute approximate surface area is 200 Å². The highest BCUT2D eigenvalue weighted by Gasteiger charge is 2.26. The Morgan fingerprint density at radius 2 is 1.56 bits per heavy atom. The number of carbonyl (C=O) groups excluding carboxylic acids is 2. The van der Waals surface area contributed by atoms with Gasteiger partial charge in [0, 0.05) is 0 Å². The monoisotopic (exact) mass is 518 g/mol. The average Bonchev–Trinajstić information content (AvgIpc) is 2.69. The van der Waals surface area contributed by atoms with Crippen LogP contribution in [0.2, 0.25) is 0 Å². The lowest BCUT2D eigenvalue weighted by Crippen LogP contribution is -2.51. The van der Waals surface area contributed by atoms with Crippen LogP contribution in [-0.2, 0) is 9.59 Å². The first-order valence-electron chi connectivity index (χ1n) is 9.95. The lowest BCUT2D eigenvalue weighted by atomic mass is 10.1. The topological polar surface area (TPSA) is 85.9 Å². The number of hydrogen-bond donors (Lipinski definition) is 2. The standard InChI is InChI=1S/C23H23BrN2O5S/c1-4-29-19-12-15(10-17-21(27)25-23(32)26-22(17)28)11-18(24)20(19)31-6-5-30-16-8-13(2)7-14(3)9-16/h7-12H,4-6H2,1-3H3,(H2,25,26,27,28,32). The Hall–Kier alpha value is -2.91. The van der Waals surface area contributed by atoms with Gasteiger partial charge in [0.15, 0.2) is 16.6 Å². The Morgan fingerprint density at radius 3 is 2.19 bits per heavy atom. The minimum Gasteiger partial charge on any atom is -0.490 e. The molecule has 0 aliphatic carbocycles. The van der Waals surface area contributed by atoms with E-state index in [0.29, 0.717) is 41.4 Å². The highest BCUT2D eigenvalue weighted by molar-refractivity contribution is 9.10. The number of benzene rings is 2. The third-order valence-electron chi connectivity index (χ3n) is 4.38. The molecule has 1 aliphatic rings. The molecule has 3 rings (SSSR count). The fourth-order valence-corrected chi connectivity index (χ4v) is 3.93. The maximum Gasteiger partial charge on any atom is 0.263 e. The maximum absolute atomic E-state index is 12.1. The summed E-state index contributed by atoms with van der Waals surface area (Å²) in [6.07, 6.45) is 1.46. The molecule has 1 aliphatic heterocycles. The van der Waals surface area contributed by atoms with Crippen LogP contribution < -0.4 is 24.8 Å². The molecule has 9 heteroatoms. The fourth-order valence-electron chi connectivity index (χ4n) is 3.17. The molecule has 0 radical (unpaired) electrons. The van der Waals surface area contributed by atoms with E-state index in [1.165, 1.54) is 6.08 Å². The van der Waals surface area contributed by atoms with Crippen molar-refractivity contribution in [1.29, 1.82) is 0 Å². The second-order valence-electron chi connectivity index (χ2n) is 7.08. The van der Waals surface area contributed by atoms with E-state index in [-0.39, 0.29) is 10.7 Å². The highest BCUT2D eigenvalue weighted by atomic mass is 79.9. The minimum atomic E-state index is -0.559. The van der Waals surface area contributed by atoms with Crippen LogP contribution in [0, 0.1) is 13.8 Å². The maximum atomic E-state index is 12.1. The largest absolute Gasteiger partial charge is 0.490 e. The number of amides is 2. The summed E-state index contributed by atoms with van der Waals surface area (Å²) in [5.41, 5.74) is 2.80. The van der Waals surface area contributed by atoms with E-state index >= 15 is 0 Å². The van der Waals surface area contributed by atoms with Crippen molar-refractivity contribution in [3.63, 3.8) is 0 Å².